The zero-order chi connectivity index (χ0) is 19.7. The summed E-state index contributed by atoms with van der Waals surface area (Å²) in [4.78, 5) is 0. The van der Waals surface area contributed by atoms with Crippen LogP contribution in [0.15, 0.2) is 60.7 Å². The van der Waals surface area contributed by atoms with Crippen LogP contribution >= 0.6 is 58.0 Å². The molecule has 0 saturated heterocycles. The zero-order valence-electron chi connectivity index (χ0n) is 13.6. The molecule has 138 valence electrons. The number of benzene rings is 3. The highest BCUT2D eigenvalue weighted by atomic mass is 35.5. The molecule has 0 atom stereocenters. The van der Waals surface area contributed by atoms with Crippen LogP contribution in [0.3, 0.4) is 0 Å². The van der Waals surface area contributed by atoms with Crippen molar-refractivity contribution >= 4 is 58.0 Å². The first-order chi connectivity index (χ1) is 12.3. The molecule has 3 rings (SSSR count). The van der Waals surface area contributed by atoms with Gasteiger partial charge in [-0.25, -0.2) is 0 Å². The van der Waals surface area contributed by atoms with Gasteiger partial charge in [0.05, 0.1) is 15.1 Å². The van der Waals surface area contributed by atoms with Crippen LogP contribution in [0, 0.1) is 6.92 Å². The van der Waals surface area contributed by atoms with E-state index in [1.165, 1.54) is 5.56 Å². The minimum absolute atomic E-state index is 0.00904. The molecular weight excluding hydrogens is 437 g/mol. The highest BCUT2D eigenvalue weighted by Crippen LogP contribution is 2.47. The van der Waals surface area contributed by atoms with Crippen LogP contribution in [0.4, 0.5) is 0 Å². The Morgan fingerprint density at radius 1 is 0.538 bits per heavy atom. The third kappa shape index (κ3) is 7.14. The standard InChI is InChI=1S/C7H8.C6HCl5O.C6H6O/c1-7-5-3-2-4-6-7;7-1-2(8)4(10)6(12)5(11)3(1)9;7-6-4-2-1-3-5-6/h2-6H,1H3;12H;1-5,7H. The fraction of sp³-hybridized carbons (Fsp3) is 0.0526. The molecule has 2 nitrogen and oxygen atoms in total. The molecule has 0 unspecified atom stereocenters. The summed E-state index contributed by atoms with van der Waals surface area (Å²) in [6.45, 7) is 2.08. The molecule has 7 heteroatoms. The molecule has 0 amide bonds. The van der Waals surface area contributed by atoms with Crippen molar-refractivity contribution < 1.29 is 10.2 Å². The topological polar surface area (TPSA) is 40.5 Å². The molecular formula is C19H15Cl5O2. The van der Waals surface area contributed by atoms with Gasteiger partial charge in [-0.1, -0.05) is 112 Å². The molecule has 2 N–H and O–H groups in total. The second-order valence-electron chi connectivity index (χ2n) is 4.91. The molecule has 0 aliphatic carbocycles. The third-order valence-electron chi connectivity index (χ3n) is 2.88. The van der Waals surface area contributed by atoms with E-state index in [1.54, 1.807) is 24.3 Å². The summed E-state index contributed by atoms with van der Waals surface area (Å²) in [6.07, 6.45) is 0. The highest BCUT2D eigenvalue weighted by Gasteiger charge is 2.18. The molecule has 0 fully saturated rings. The maximum Gasteiger partial charge on any atom is 0.155 e. The van der Waals surface area contributed by atoms with E-state index in [1.807, 2.05) is 24.3 Å². The second-order valence-corrected chi connectivity index (χ2v) is 6.80. The largest absolute Gasteiger partial charge is 0.508 e. The van der Waals surface area contributed by atoms with E-state index in [2.05, 4.69) is 19.1 Å². The summed E-state index contributed by atoms with van der Waals surface area (Å²) in [7, 11) is 0. The molecule has 0 radical (unpaired) electrons. The van der Waals surface area contributed by atoms with Crippen LogP contribution in [-0.2, 0) is 0 Å². The molecule has 3 aromatic rings. The summed E-state index contributed by atoms with van der Waals surface area (Å²) in [5.74, 6) is -0.0415. The van der Waals surface area contributed by atoms with Gasteiger partial charge in [-0.2, -0.15) is 0 Å². The second kappa shape index (κ2) is 11.4. The lowest BCUT2D eigenvalue weighted by Gasteiger charge is -2.06. The SMILES string of the molecule is Cc1ccccc1.Oc1c(Cl)c(Cl)c(Cl)c(Cl)c1Cl.Oc1ccccc1. The van der Waals surface area contributed by atoms with Crippen LogP contribution in [0.2, 0.25) is 25.1 Å². The average Bonchev–Trinajstić information content (AvgIpc) is 2.65. The number of aryl methyl sites for hydroxylation is 1. The fourth-order valence-corrected chi connectivity index (χ4v) is 2.68. The monoisotopic (exact) mass is 450 g/mol. The van der Waals surface area contributed by atoms with Crippen LogP contribution in [-0.4, -0.2) is 10.2 Å². The predicted octanol–water partition coefficient (Wildman–Crippen LogP) is 8.05. The smallest absolute Gasteiger partial charge is 0.155 e. The summed E-state index contributed by atoms with van der Waals surface area (Å²) in [5, 5.41) is 17.6. The van der Waals surface area contributed by atoms with Gasteiger partial charge in [-0.15, -0.1) is 0 Å². The molecule has 0 aliphatic rings. The van der Waals surface area contributed by atoms with E-state index in [0.717, 1.165) is 0 Å². The Hall–Kier alpha value is -1.29. The molecule has 0 bridgehead atoms. The van der Waals surface area contributed by atoms with E-state index < -0.39 is 0 Å². The van der Waals surface area contributed by atoms with Gasteiger partial charge in [0.15, 0.2) is 5.75 Å². The lowest BCUT2D eigenvalue weighted by molar-refractivity contribution is 0.475. The summed E-state index contributed by atoms with van der Waals surface area (Å²) in [5.41, 5.74) is 1.32. The van der Waals surface area contributed by atoms with E-state index in [-0.39, 0.29) is 30.9 Å². The van der Waals surface area contributed by atoms with Crippen molar-refractivity contribution in [3.05, 3.63) is 91.3 Å². The predicted molar refractivity (Wildman–Crippen MR) is 112 cm³/mol. The van der Waals surface area contributed by atoms with Gasteiger partial charge in [0.25, 0.3) is 0 Å². The summed E-state index contributed by atoms with van der Waals surface area (Å²) < 4.78 is 0. The van der Waals surface area contributed by atoms with Gasteiger partial charge in [0, 0.05) is 0 Å². The van der Waals surface area contributed by atoms with Crippen LogP contribution in [0.5, 0.6) is 11.5 Å². The van der Waals surface area contributed by atoms with Crippen molar-refractivity contribution in [1.29, 1.82) is 0 Å². The number of para-hydroxylation sites is 1. The van der Waals surface area contributed by atoms with E-state index >= 15 is 0 Å². The van der Waals surface area contributed by atoms with Gasteiger partial charge >= 0.3 is 0 Å². The summed E-state index contributed by atoms with van der Waals surface area (Å²) >= 11 is 27.9. The Bertz CT molecular complexity index is 682. The molecule has 0 heterocycles. The van der Waals surface area contributed by atoms with Crippen molar-refractivity contribution in [3.8, 4) is 11.5 Å². The number of hydrogen-bond acceptors (Lipinski definition) is 2. The number of phenolic OH excluding ortho intramolecular Hbond substituents is 2. The summed E-state index contributed by atoms with van der Waals surface area (Å²) in [6, 6.07) is 19.0. The number of hydrogen-bond donors (Lipinski definition) is 2. The van der Waals surface area contributed by atoms with E-state index in [0.29, 0.717) is 5.75 Å². The number of rotatable bonds is 0. The Balaban J connectivity index is 0.000000207. The van der Waals surface area contributed by atoms with Crippen molar-refractivity contribution in [2.45, 2.75) is 6.92 Å². The lowest BCUT2D eigenvalue weighted by Crippen LogP contribution is -1.78. The van der Waals surface area contributed by atoms with Crippen molar-refractivity contribution in [2.75, 3.05) is 0 Å². The van der Waals surface area contributed by atoms with Gasteiger partial charge in [-0.3, -0.25) is 0 Å². The first-order valence-corrected chi connectivity index (χ1v) is 9.10. The van der Waals surface area contributed by atoms with Gasteiger partial charge in [0.2, 0.25) is 0 Å². The molecule has 0 aromatic heterocycles. The number of phenols is 2. The first kappa shape index (κ1) is 22.8. The van der Waals surface area contributed by atoms with Crippen LogP contribution in [0.1, 0.15) is 5.56 Å². The average molecular weight is 453 g/mol. The van der Waals surface area contributed by atoms with Crippen molar-refractivity contribution in [1.82, 2.24) is 0 Å². The molecule has 0 saturated carbocycles. The quantitative estimate of drug-likeness (QED) is 0.268. The van der Waals surface area contributed by atoms with Crippen molar-refractivity contribution in [2.24, 2.45) is 0 Å². The van der Waals surface area contributed by atoms with Gasteiger partial charge < -0.3 is 10.2 Å². The van der Waals surface area contributed by atoms with Gasteiger partial charge in [0.1, 0.15) is 15.8 Å². The normalized spacial score (nSPS) is 9.46. The van der Waals surface area contributed by atoms with E-state index in [9.17, 15) is 5.11 Å². The number of aromatic hydroxyl groups is 2. The highest BCUT2D eigenvalue weighted by molar-refractivity contribution is 6.55. The molecule has 3 aromatic carbocycles. The minimum atomic E-state index is -0.363. The van der Waals surface area contributed by atoms with E-state index in [4.69, 9.17) is 63.1 Å². The third-order valence-corrected chi connectivity index (χ3v) is 5.14. The van der Waals surface area contributed by atoms with Crippen LogP contribution in [0.25, 0.3) is 0 Å². The number of halogens is 5. The Kier molecular flexibility index (Phi) is 10.0. The fourth-order valence-electron chi connectivity index (χ4n) is 1.56. The Morgan fingerprint density at radius 2 is 0.885 bits per heavy atom. The maximum atomic E-state index is 9.20. The van der Waals surface area contributed by atoms with Crippen molar-refractivity contribution in [3.63, 3.8) is 0 Å². The minimum Gasteiger partial charge on any atom is -0.508 e. The van der Waals surface area contributed by atoms with Crippen LogP contribution < -0.4 is 0 Å². The maximum absolute atomic E-state index is 9.20. The zero-order valence-corrected chi connectivity index (χ0v) is 17.3. The molecule has 26 heavy (non-hydrogen) atoms. The Labute approximate surface area is 177 Å². The molecule has 0 aliphatic heterocycles. The first-order valence-electron chi connectivity index (χ1n) is 7.21. The Morgan fingerprint density at radius 3 is 1.15 bits per heavy atom. The van der Waals surface area contributed by atoms with Gasteiger partial charge in [-0.05, 0) is 19.1 Å². The molecule has 0 spiro atoms. The lowest BCUT2D eigenvalue weighted by atomic mass is 10.2.